The van der Waals surface area contributed by atoms with Crippen molar-refractivity contribution in [3.05, 3.63) is 75.7 Å². The smallest absolute Gasteiger partial charge is 0.268 e. The number of thioether (sulfide) groups is 1. The van der Waals surface area contributed by atoms with E-state index in [0.717, 1.165) is 39.9 Å². The maximum absolute atomic E-state index is 12.8. The minimum atomic E-state index is -4.46. The summed E-state index contributed by atoms with van der Waals surface area (Å²) in [6.45, 7) is 2.04. The highest BCUT2D eigenvalue weighted by Gasteiger charge is 2.35. The number of imide groups is 1. The van der Waals surface area contributed by atoms with Gasteiger partial charge >= 0.3 is 6.18 Å². The van der Waals surface area contributed by atoms with Crippen LogP contribution in [0.25, 0.3) is 6.08 Å². The molecule has 0 N–H and O–H groups in total. The Labute approximate surface area is 152 Å². The van der Waals surface area contributed by atoms with Gasteiger partial charge in [-0.1, -0.05) is 42.0 Å². The van der Waals surface area contributed by atoms with Crippen molar-refractivity contribution < 1.29 is 22.8 Å². The number of benzene rings is 2. The fourth-order valence-electron chi connectivity index (χ4n) is 2.59. The summed E-state index contributed by atoms with van der Waals surface area (Å²) in [4.78, 5) is 25.8. The van der Waals surface area contributed by atoms with Gasteiger partial charge in [-0.05, 0) is 48.0 Å². The summed E-state index contributed by atoms with van der Waals surface area (Å²) >= 11 is 0.731. The van der Waals surface area contributed by atoms with Crippen LogP contribution in [0, 0.1) is 6.92 Å². The van der Waals surface area contributed by atoms with Crippen molar-refractivity contribution in [2.75, 3.05) is 0 Å². The van der Waals surface area contributed by atoms with Gasteiger partial charge < -0.3 is 0 Å². The van der Waals surface area contributed by atoms with Gasteiger partial charge in [0, 0.05) is 0 Å². The van der Waals surface area contributed by atoms with E-state index < -0.39 is 22.9 Å². The number of nitrogens with zero attached hydrogens (tertiary/aromatic N) is 1. The molecule has 0 bridgehead atoms. The van der Waals surface area contributed by atoms with Crippen LogP contribution in [0.4, 0.5) is 18.0 Å². The van der Waals surface area contributed by atoms with Crippen molar-refractivity contribution in [3.8, 4) is 0 Å². The van der Waals surface area contributed by atoms with Crippen LogP contribution in [-0.4, -0.2) is 16.0 Å². The standard InChI is InChI=1S/C19H14F3NO2S/c1-12-4-2-6-14(8-12)11-23-17(24)16(26-18(23)25)10-13-5-3-7-15(9-13)19(20,21)22/h2-10H,11H2,1H3/b16-10+. The second-order valence-corrected chi connectivity index (χ2v) is 6.87. The number of carbonyl (C=O) groups is 2. The molecule has 0 aromatic heterocycles. The van der Waals surface area contributed by atoms with E-state index in [1.807, 2.05) is 31.2 Å². The maximum Gasteiger partial charge on any atom is 0.416 e. The second-order valence-electron chi connectivity index (χ2n) is 5.88. The van der Waals surface area contributed by atoms with Crippen LogP contribution >= 0.6 is 11.8 Å². The van der Waals surface area contributed by atoms with Crippen LogP contribution < -0.4 is 0 Å². The van der Waals surface area contributed by atoms with Gasteiger partial charge in [0.2, 0.25) is 0 Å². The molecule has 1 aliphatic rings. The Morgan fingerprint density at radius 2 is 1.81 bits per heavy atom. The molecule has 2 amide bonds. The van der Waals surface area contributed by atoms with Crippen molar-refractivity contribution >= 4 is 29.0 Å². The largest absolute Gasteiger partial charge is 0.416 e. The molecule has 0 radical (unpaired) electrons. The highest BCUT2D eigenvalue weighted by molar-refractivity contribution is 8.18. The fourth-order valence-corrected chi connectivity index (χ4v) is 3.42. The third-order valence-electron chi connectivity index (χ3n) is 3.81. The van der Waals surface area contributed by atoms with Crippen LogP contribution in [-0.2, 0) is 17.5 Å². The van der Waals surface area contributed by atoms with E-state index >= 15 is 0 Å². The van der Waals surface area contributed by atoms with E-state index in [9.17, 15) is 22.8 Å². The van der Waals surface area contributed by atoms with Gasteiger partial charge in [0.25, 0.3) is 11.1 Å². The zero-order valence-corrected chi connectivity index (χ0v) is 14.5. The van der Waals surface area contributed by atoms with Gasteiger partial charge in [0.1, 0.15) is 0 Å². The molecule has 134 valence electrons. The summed E-state index contributed by atoms with van der Waals surface area (Å²) in [6, 6.07) is 12.1. The number of amides is 2. The summed E-state index contributed by atoms with van der Waals surface area (Å²) in [5, 5.41) is -0.435. The molecular formula is C19H14F3NO2S. The summed E-state index contributed by atoms with van der Waals surface area (Å²) in [5.74, 6) is -0.501. The molecule has 0 aliphatic carbocycles. The van der Waals surface area contributed by atoms with Crippen molar-refractivity contribution in [3.63, 3.8) is 0 Å². The zero-order valence-electron chi connectivity index (χ0n) is 13.7. The monoisotopic (exact) mass is 377 g/mol. The third-order valence-corrected chi connectivity index (χ3v) is 4.72. The molecule has 0 unspecified atom stereocenters. The maximum atomic E-state index is 12.8. The van der Waals surface area contributed by atoms with Gasteiger partial charge in [-0.25, -0.2) is 0 Å². The number of hydrogen-bond acceptors (Lipinski definition) is 3. The Balaban J connectivity index is 1.83. The lowest BCUT2D eigenvalue weighted by molar-refractivity contribution is -0.137. The molecule has 2 aromatic carbocycles. The average molecular weight is 377 g/mol. The Morgan fingerprint density at radius 3 is 2.50 bits per heavy atom. The molecule has 0 saturated carbocycles. The van der Waals surface area contributed by atoms with Crippen LogP contribution in [0.1, 0.15) is 22.3 Å². The highest BCUT2D eigenvalue weighted by Crippen LogP contribution is 2.35. The highest BCUT2D eigenvalue weighted by atomic mass is 32.2. The topological polar surface area (TPSA) is 37.4 Å². The lowest BCUT2D eigenvalue weighted by atomic mass is 10.1. The molecule has 26 heavy (non-hydrogen) atoms. The van der Waals surface area contributed by atoms with E-state index in [1.165, 1.54) is 18.2 Å². The molecule has 0 spiro atoms. The lowest BCUT2D eigenvalue weighted by Crippen LogP contribution is -2.27. The van der Waals surface area contributed by atoms with Gasteiger partial charge in [-0.15, -0.1) is 0 Å². The zero-order chi connectivity index (χ0) is 18.9. The quantitative estimate of drug-likeness (QED) is 0.686. The van der Waals surface area contributed by atoms with E-state index in [-0.39, 0.29) is 17.0 Å². The normalized spacial score (nSPS) is 16.6. The second kappa shape index (κ2) is 6.99. The van der Waals surface area contributed by atoms with Crippen molar-refractivity contribution in [1.29, 1.82) is 0 Å². The molecule has 3 rings (SSSR count). The fraction of sp³-hybridized carbons (Fsp3) is 0.158. The van der Waals surface area contributed by atoms with Gasteiger partial charge in [0.15, 0.2) is 0 Å². The van der Waals surface area contributed by atoms with Crippen molar-refractivity contribution in [2.45, 2.75) is 19.6 Å². The molecule has 1 aliphatic heterocycles. The SMILES string of the molecule is Cc1cccc(CN2C(=O)S/C(=C/c3cccc(C(F)(F)F)c3)C2=O)c1. The molecule has 0 atom stereocenters. The van der Waals surface area contributed by atoms with Gasteiger partial charge in [-0.3, -0.25) is 14.5 Å². The first kappa shape index (κ1) is 18.3. The first-order valence-electron chi connectivity index (χ1n) is 7.72. The van der Waals surface area contributed by atoms with Crippen LogP contribution in [0.15, 0.2) is 53.4 Å². The summed E-state index contributed by atoms with van der Waals surface area (Å²) in [6.07, 6.45) is -3.15. The first-order valence-corrected chi connectivity index (χ1v) is 8.54. The van der Waals surface area contributed by atoms with Crippen molar-refractivity contribution in [2.24, 2.45) is 0 Å². The molecule has 1 fully saturated rings. The van der Waals surface area contributed by atoms with Gasteiger partial charge in [-0.2, -0.15) is 13.2 Å². The average Bonchev–Trinajstić information content (AvgIpc) is 2.82. The van der Waals surface area contributed by atoms with E-state index in [2.05, 4.69) is 0 Å². The van der Waals surface area contributed by atoms with Crippen LogP contribution in [0.5, 0.6) is 0 Å². The molecule has 2 aromatic rings. The summed E-state index contributed by atoms with van der Waals surface area (Å²) in [5.41, 5.74) is 1.24. The number of halogens is 3. The minimum Gasteiger partial charge on any atom is -0.268 e. The Hall–Kier alpha value is -2.54. The molecule has 3 nitrogen and oxygen atoms in total. The number of hydrogen-bond donors (Lipinski definition) is 0. The Morgan fingerprint density at radius 1 is 1.08 bits per heavy atom. The van der Waals surface area contributed by atoms with Crippen molar-refractivity contribution in [1.82, 2.24) is 4.90 Å². The minimum absolute atomic E-state index is 0.113. The van der Waals surface area contributed by atoms with Gasteiger partial charge in [0.05, 0.1) is 17.0 Å². The third kappa shape index (κ3) is 3.99. The van der Waals surface area contributed by atoms with Crippen LogP contribution in [0.3, 0.4) is 0 Å². The predicted molar refractivity (Wildman–Crippen MR) is 94.1 cm³/mol. The Bertz CT molecular complexity index is 906. The first-order chi connectivity index (χ1) is 12.2. The molecular weight excluding hydrogens is 363 g/mol. The van der Waals surface area contributed by atoms with Crippen LogP contribution in [0.2, 0.25) is 0 Å². The van der Waals surface area contributed by atoms with E-state index in [0.29, 0.717) is 0 Å². The summed E-state index contributed by atoms with van der Waals surface area (Å²) < 4.78 is 38.4. The van der Waals surface area contributed by atoms with E-state index in [1.54, 1.807) is 0 Å². The number of carbonyl (C=O) groups excluding carboxylic acids is 2. The number of rotatable bonds is 3. The summed E-state index contributed by atoms with van der Waals surface area (Å²) in [7, 11) is 0. The number of aryl methyl sites for hydroxylation is 1. The number of alkyl halides is 3. The predicted octanol–water partition coefficient (Wildman–Crippen LogP) is 5.25. The molecule has 1 heterocycles. The molecule has 1 saturated heterocycles. The lowest BCUT2D eigenvalue weighted by Gasteiger charge is -2.12. The molecule has 7 heteroatoms. The van der Waals surface area contributed by atoms with E-state index in [4.69, 9.17) is 0 Å². The Kier molecular flexibility index (Phi) is 4.91.